The largest absolute Gasteiger partial charge is 0.497 e. The minimum absolute atomic E-state index is 0.00351. The third kappa shape index (κ3) is 4.15. The Hall–Kier alpha value is -2.77. The lowest BCUT2D eigenvalue weighted by Gasteiger charge is -2.11. The molecule has 0 fully saturated rings. The molecule has 122 valence electrons. The Morgan fingerprint density at radius 1 is 1.25 bits per heavy atom. The van der Waals surface area contributed by atoms with Gasteiger partial charge in [-0.25, -0.2) is 0 Å². The highest BCUT2D eigenvalue weighted by Crippen LogP contribution is 2.27. The molecule has 2 aromatic carbocycles. The molecule has 0 bridgehead atoms. The molecule has 0 unspecified atom stereocenters. The number of halogens is 1. The van der Waals surface area contributed by atoms with E-state index < -0.39 is 5.91 Å². The molecule has 0 radical (unpaired) electrons. The molecule has 1 amide bonds. The molecule has 0 atom stereocenters. The summed E-state index contributed by atoms with van der Waals surface area (Å²) in [6.45, 7) is 3.78. The van der Waals surface area contributed by atoms with Crippen LogP contribution < -0.4 is 10.1 Å². The van der Waals surface area contributed by atoms with E-state index in [0.29, 0.717) is 16.5 Å². The number of nitrogens with one attached hydrogen (secondary N) is 1. The van der Waals surface area contributed by atoms with Gasteiger partial charge in [0.25, 0.3) is 5.91 Å². The summed E-state index contributed by atoms with van der Waals surface area (Å²) in [6, 6.07) is 12.7. The summed E-state index contributed by atoms with van der Waals surface area (Å²) in [7, 11) is 1.58. The first-order valence-corrected chi connectivity index (χ1v) is 7.66. The zero-order chi connectivity index (χ0) is 17.7. The molecule has 24 heavy (non-hydrogen) atoms. The van der Waals surface area contributed by atoms with Crippen molar-refractivity contribution < 1.29 is 9.53 Å². The Labute approximate surface area is 146 Å². The number of ether oxygens (including phenoxy) is 1. The van der Waals surface area contributed by atoms with E-state index in [2.05, 4.69) is 5.32 Å². The second-order valence-electron chi connectivity index (χ2n) is 5.34. The highest BCUT2D eigenvalue weighted by Gasteiger charge is 2.13. The summed E-state index contributed by atoms with van der Waals surface area (Å²) in [6.07, 6.45) is 1.52. The third-order valence-corrected chi connectivity index (χ3v) is 3.76. The van der Waals surface area contributed by atoms with Gasteiger partial charge in [-0.1, -0.05) is 29.8 Å². The fraction of sp³-hybridized carbons (Fsp3) is 0.158. The van der Waals surface area contributed by atoms with Gasteiger partial charge in [-0.3, -0.25) is 4.79 Å². The quantitative estimate of drug-likeness (QED) is 0.658. The molecule has 0 aliphatic rings. The first-order valence-electron chi connectivity index (χ1n) is 7.28. The number of nitrogens with zero attached hydrogens (tertiary/aromatic N) is 1. The molecule has 0 aromatic heterocycles. The Morgan fingerprint density at radius 3 is 2.46 bits per heavy atom. The Kier molecular flexibility index (Phi) is 5.62. The monoisotopic (exact) mass is 340 g/mol. The fourth-order valence-corrected chi connectivity index (χ4v) is 2.64. The third-order valence-electron chi connectivity index (χ3n) is 3.46. The number of hydrogen-bond donors (Lipinski definition) is 1. The van der Waals surface area contributed by atoms with Gasteiger partial charge in [0.2, 0.25) is 0 Å². The number of methoxy groups -OCH3 is 1. The topological polar surface area (TPSA) is 62.1 Å². The lowest BCUT2D eigenvalue weighted by molar-refractivity contribution is -0.112. The number of carbonyl (C=O) groups is 1. The van der Waals surface area contributed by atoms with Crippen LogP contribution in [-0.2, 0) is 4.79 Å². The fourth-order valence-electron chi connectivity index (χ4n) is 2.27. The van der Waals surface area contributed by atoms with Crippen molar-refractivity contribution in [3.8, 4) is 11.8 Å². The van der Waals surface area contributed by atoms with Crippen LogP contribution in [0.5, 0.6) is 5.75 Å². The average molecular weight is 341 g/mol. The minimum Gasteiger partial charge on any atom is -0.497 e. The molecule has 0 aliphatic heterocycles. The molecule has 0 heterocycles. The molecular weight excluding hydrogens is 324 g/mol. The van der Waals surface area contributed by atoms with Crippen molar-refractivity contribution in [1.82, 2.24) is 0 Å². The second kappa shape index (κ2) is 7.67. The minimum atomic E-state index is -0.498. The van der Waals surface area contributed by atoms with Gasteiger partial charge in [-0.15, -0.1) is 0 Å². The highest BCUT2D eigenvalue weighted by molar-refractivity contribution is 6.34. The van der Waals surface area contributed by atoms with Gasteiger partial charge in [0.05, 0.1) is 17.8 Å². The van der Waals surface area contributed by atoms with Crippen molar-refractivity contribution >= 4 is 29.3 Å². The van der Waals surface area contributed by atoms with Gasteiger partial charge in [-0.2, -0.15) is 5.26 Å². The summed E-state index contributed by atoms with van der Waals surface area (Å²) >= 11 is 6.19. The number of nitriles is 1. The summed E-state index contributed by atoms with van der Waals surface area (Å²) in [5.74, 6) is 0.208. The van der Waals surface area contributed by atoms with E-state index in [-0.39, 0.29) is 5.57 Å². The van der Waals surface area contributed by atoms with E-state index >= 15 is 0 Å². The first-order chi connectivity index (χ1) is 11.4. The van der Waals surface area contributed by atoms with Crippen LogP contribution in [0.2, 0.25) is 5.02 Å². The molecule has 2 rings (SSSR count). The lowest BCUT2D eigenvalue weighted by atomic mass is 10.1. The predicted molar refractivity (Wildman–Crippen MR) is 96.1 cm³/mol. The summed E-state index contributed by atoms with van der Waals surface area (Å²) in [5, 5.41) is 12.4. The maximum atomic E-state index is 12.4. The number of aryl methyl sites for hydroxylation is 2. The van der Waals surface area contributed by atoms with E-state index in [1.165, 1.54) is 6.08 Å². The number of benzene rings is 2. The van der Waals surface area contributed by atoms with Gasteiger partial charge in [0.15, 0.2) is 0 Å². The maximum absolute atomic E-state index is 12.4. The second-order valence-corrected chi connectivity index (χ2v) is 5.74. The Morgan fingerprint density at radius 2 is 1.92 bits per heavy atom. The van der Waals surface area contributed by atoms with Gasteiger partial charge in [0.1, 0.15) is 17.4 Å². The van der Waals surface area contributed by atoms with Gasteiger partial charge < -0.3 is 10.1 Å². The predicted octanol–water partition coefficient (Wildman–Crippen LogP) is 4.51. The van der Waals surface area contributed by atoms with Crippen molar-refractivity contribution in [1.29, 1.82) is 5.26 Å². The molecule has 0 saturated carbocycles. The van der Waals surface area contributed by atoms with Crippen LogP contribution in [0, 0.1) is 25.2 Å². The molecule has 0 saturated heterocycles. The van der Waals surface area contributed by atoms with E-state index in [0.717, 1.165) is 16.7 Å². The number of anilines is 1. The Balaban J connectivity index is 2.26. The maximum Gasteiger partial charge on any atom is 0.266 e. The molecule has 0 aliphatic carbocycles. The zero-order valence-electron chi connectivity index (χ0n) is 13.7. The zero-order valence-corrected chi connectivity index (χ0v) is 14.4. The number of hydrogen-bond acceptors (Lipinski definition) is 3. The normalized spacial score (nSPS) is 10.9. The Bertz CT molecular complexity index is 810. The molecule has 5 heteroatoms. The number of rotatable bonds is 4. The lowest BCUT2D eigenvalue weighted by Crippen LogP contribution is -2.14. The molecule has 2 aromatic rings. The van der Waals surface area contributed by atoms with Gasteiger partial charge in [0, 0.05) is 0 Å². The standard InChI is InChI=1S/C19H17ClN2O2/c1-12-8-13(2)18(17(20)9-12)22-19(23)15(11-21)10-14-4-6-16(24-3)7-5-14/h4-10H,1-3H3,(H,22,23)/b15-10+. The summed E-state index contributed by atoms with van der Waals surface area (Å²) < 4.78 is 5.08. The van der Waals surface area contributed by atoms with Crippen molar-refractivity contribution in [2.24, 2.45) is 0 Å². The van der Waals surface area contributed by atoms with Crippen molar-refractivity contribution in [3.05, 3.63) is 63.7 Å². The van der Waals surface area contributed by atoms with Crippen LogP contribution in [0.3, 0.4) is 0 Å². The van der Waals surface area contributed by atoms with E-state index in [1.54, 1.807) is 37.4 Å². The molecule has 4 nitrogen and oxygen atoms in total. The van der Waals surface area contributed by atoms with Crippen LogP contribution in [0.15, 0.2) is 42.0 Å². The van der Waals surface area contributed by atoms with E-state index in [1.807, 2.05) is 26.0 Å². The van der Waals surface area contributed by atoms with Crippen LogP contribution in [0.25, 0.3) is 6.08 Å². The van der Waals surface area contributed by atoms with Gasteiger partial charge in [-0.05, 0) is 54.8 Å². The van der Waals surface area contributed by atoms with E-state index in [9.17, 15) is 10.1 Å². The molecule has 1 N–H and O–H groups in total. The van der Waals surface area contributed by atoms with Crippen LogP contribution in [-0.4, -0.2) is 13.0 Å². The van der Waals surface area contributed by atoms with Gasteiger partial charge >= 0.3 is 0 Å². The van der Waals surface area contributed by atoms with E-state index in [4.69, 9.17) is 16.3 Å². The average Bonchev–Trinajstić information content (AvgIpc) is 2.56. The summed E-state index contributed by atoms with van der Waals surface area (Å²) in [4.78, 5) is 12.4. The highest BCUT2D eigenvalue weighted by atomic mass is 35.5. The summed E-state index contributed by atoms with van der Waals surface area (Å²) in [5.41, 5.74) is 3.09. The van der Waals surface area contributed by atoms with Crippen molar-refractivity contribution in [2.45, 2.75) is 13.8 Å². The smallest absolute Gasteiger partial charge is 0.266 e. The first kappa shape index (κ1) is 17.6. The SMILES string of the molecule is COc1ccc(/C=C(\C#N)C(=O)Nc2c(C)cc(C)cc2Cl)cc1. The van der Waals surface area contributed by atoms with Crippen LogP contribution in [0.4, 0.5) is 5.69 Å². The molecule has 0 spiro atoms. The van der Waals surface area contributed by atoms with Crippen molar-refractivity contribution in [3.63, 3.8) is 0 Å². The molecular formula is C19H17ClN2O2. The number of amides is 1. The number of carbonyl (C=O) groups excluding carboxylic acids is 1. The van der Waals surface area contributed by atoms with Crippen molar-refractivity contribution in [2.75, 3.05) is 12.4 Å². The van der Waals surface area contributed by atoms with Crippen LogP contribution in [0.1, 0.15) is 16.7 Å². The van der Waals surface area contributed by atoms with Crippen LogP contribution >= 0.6 is 11.6 Å².